The lowest BCUT2D eigenvalue weighted by Gasteiger charge is -2.24. The van der Waals surface area contributed by atoms with Crippen molar-refractivity contribution >= 4 is 16.8 Å². The molecule has 0 radical (unpaired) electrons. The molecule has 5 nitrogen and oxygen atoms in total. The number of aliphatic hydroxyl groups is 1. The third-order valence-corrected chi connectivity index (χ3v) is 3.99. The summed E-state index contributed by atoms with van der Waals surface area (Å²) >= 11 is 0. The first-order valence-corrected chi connectivity index (χ1v) is 7.72. The molecule has 3 rings (SSSR count). The third kappa shape index (κ3) is 3.66. The Balaban J connectivity index is 1.67. The van der Waals surface area contributed by atoms with Gasteiger partial charge in [0.1, 0.15) is 23.8 Å². The maximum atomic E-state index is 13.8. The second kappa shape index (κ2) is 6.60. The molecule has 0 saturated heterocycles. The quantitative estimate of drug-likeness (QED) is 0.746. The second-order valence-corrected chi connectivity index (χ2v) is 6.04. The van der Waals surface area contributed by atoms with E-state index in [1.807, 2.05) is 24.3 Å². The molecule has 0 aliphatic carbocycles. The SMILES string of the molecule is CC(O)(CNC(=O)Cn1ncc2ccccc21)c1ccc(F)cc1F. The molecule has 0 bridgehead atoms. The van der Waals surface area contributed by atoms with Crippen molar-refractivity contribution in [2.75, 3.05) is 6.54 Å². The first kappa shape index (κ1) is 17.0. The lowest BCUT2D eigenvalue weighted by Crippen LogP contribution is -2.40. The largest absolute Gasteiger partial charge is 0.383 e. The van der Waals surface area contributed by atoms with Crippen molar-refractivity contribution in [3.8, 4) is 0 Å². The van der Waals surface area contributed by atoms with E-state index in [9.17, 15) is 18.7 Å². The number of nitrogens with one attached hydrogen (secondary N) is 1. The van der Waals surface area contributed by atoms with Crippen LogP contribution in [0.5, 0.6) is 0 Å². The highest BCUT2D eigenvalue weighted by Crippen LogP contribution is 2.23. The summed E-state index contributed by atoms with van der Waals surface area (Å²) in [5.41, 5.74) is -0.938. The van der Waals surface area contributed by atoms with Gasteiger partial charge in [0.15, 0.2) is 0 Å². The van der Waals surface area contributed by atoms with E-state index in [2.05, 4.69) is 10.4 Å². The minimum atomic E-state index is -1.67. The molecule has 0 spiro atoms. The van der Waals surface area contributed by atoms with Crippen molar-refractivity contribution in [1.29, 1.82) is 0 Å². The highest BCUT2D eigenvalue weighted by Gasteiger charge is 2.27. The number of nitrogens with zero attached hydrogens (tertiary/aromatic N) is 2. The van der Waals surface area contributed by atoms with E-state index in [4.69, 9.17) is 0 Å². The highest BCUT2D eigenvalue weighted by molar-refractivity contribution is 5.81. The van der Waals surface area contributed by atoms with Crippen molar-refractivity contribution in [2.24, 2.45) is 0 Å². The normalized spacial score (nSPS) is 13.6. The van der Waals surface area contributed by atoms with E-state index in [-0.39, 0.29) is 24.6 Å². The summed E-state index contributed by atoms with van der Waals surface area (Å²) in [6.45, 7) is 1.11. The van der Waals surface area contributed by atoms with Crippen LogP contribution < -0.4 is 5.32 Å². The summed E-state index contributed by atoms with van der Waals surface area (Å²) < 4.78 is 28.4. The molecule has 2 N–H and O–H groups in total. The van der Waals surface area contributed by atoms with Crippen LogP contribution in [0.25, 0.3) is 10.9 Å². The maximum Gasteiger partial charge on any atom is 0.241 e. The number of fused-ring (bicyclic) bond motifs is 1. The second-order valence-electron chi connectivity index (χ2n) is 6.04. The molecular weight excluding hydrogens is 328 g/mol. The maximum absolute atomic E-state index is 13.8. The summed E-state index contributed by atoms with van der Waals surface area (Å²) in [5.74, 6) is -1.97. The predicted octanol–water partition coefficient (Wildman–Crippen LogP) is 2.34. The van der Waals surface area contributed by atoms with E-state index >= 15 is 0 Å². The molecule has 1 unspecified atom stereocenters. The van der Waals surface area contributed by atoms with Crippen molar-refractivity contribution in [3.63, 3.8) is 0 Å². The zero-order chi connectivity index (χ0) is 18.0. The topological polar surface area (TPSA) is 67.2 Å². The summed E-state index contributed by atoms with van der Waals surface area (Å²) in [4.78, 5) is 12.1. The average molecular weight is 345 g/mol. The summed E-state index contributed by atoms with van der Waals surface area (Å²) in [7, 11) is 0. The van der Waals surface area contributed by atoms with Crippen LogP contribution in [-0.2, 0) is 16.9 Å². The minimum Gasteiger partial charge on any atom is -0.383 e. The Bertz CT molecular complexity index is 922. The van der Waals surface area contributed by atoms with Gasteiger partial charge in [-0.25, -0.2) is 8.78 Å². The zero-order valence-electron chi connectivity index (χ0n) is 13.5. The van der Waals surface area contributed by atoms with Crippen LogP contribution in [0.4, 0.5) is 8.78 Å². The molecule has 3 aromatic rings. The molecule has 1 atom stereocenters. The van der Waals surface area contributed by atoms with Gasteiger partial charge in [0.2, 0.25) is 5.91 Å². The average Bonchev–Trinajstić information content (AvgIpc) is 2.96. The Labute approximate surface area is 142 Å². The molecule has 0 aliphatic heterocycles. The molecule has 1 aromatic heterocycles. The van der Waals surface area contributed by atoms with Crippen molar-refractivity contribution in [3.05, 3.63) is 65.9 Å². The number of hydrogen-bond acceptors (Lipinski definition) is 3. The highest BCUT2D eigenvalue weighted by atomic mass is 19.1. The number of benzene rings is 2. The van der Waals surface area contributed by atoms with Crippen LogP contribution in [0.1, 0.15) is 12.5 Å². The van der Waals surface area contributed by atoms with Gasteiger partial charge in [-0.1, -0.05) is 24.3 Å². The van der Waals surface area contributed by atoms with Gasteiger partial charge in [-0.3, -0.25) is 9.48 Å². The van der Waals surface area contributed by atoms with Gasteiger partial charge in [-0.05, 0) is 19.1 Å². The fourth-order valence-electron chi connectivity index (χ4n) is 2.64. The van der Waals surface area contributed by atoms with Gasteiger partial charge in [0.25, 0.3) is 0 Å². The number of carbonyl (C=O) groups is 1. The molecule has 2 aromatic carbocycles. The van der Waals surface area contributed by atoms with Crippen LogP contribution >= 0.6 is 0 Å². The van der Waals surface area contributed by atoms with Gasteiger partial charge in [0, 0.05) is 17.0 Å². The molecule has 1 amide bonds. The standard InChI is InChI=1S/C18H17F2N3O2/c1-18(25,14-7-6-13(19)8-15(14)20)11-21-17(24)10-23-16-5-3-2-4-12(16)9-22-23/h2-9,25H,10-11H2,1H3,(H,21,24). The monoisotopic (exact) mass is 345 g/mol. The molecule has 7 heteroatoms. The summed E-state index contributed by atoms with van der Waals surface area (Å²) in [6.07, 6.45) is 1.66. The van der Waals surface area contributed by atoms with E-state index in [1.165, 1.54) is 11.6 Å². The first-order valence-electron chi connectivity index (χ1n) is 7.72. The predicted molar refractivity (Wildman–Crippen MR) is 88.7 cm³/mol. The van der Waals surface area contributed by atoms with Crippen LogP contribution in [0.2, 0.25) is 0 Å². The number of para-hydroxylation sites is 1. The first-order chi connectivity index (χ1) is 11.9. The lowest BCUT2D eigenvalue weighted by atomic mass is 9.95. The molecule has 25 heavy (non-hydrogen) atoms. The molecule has 0 aliphatic rings. The van der Waals surface area contributed by atoms with E-state index in [1.54, 1.807) is 6.20 Å². The van der Waals surface area contributed by atoms with Gasteiger partial charge in [0.05, 0.1) is 18.3 Å². The van der Waals surface area contributed by atoms with Gasteiger partial charge in [-0.15, -0.1) is 0 Å². The van der Waals surface area contributed by atoms with Gasteiger partial charge < -0.3 is 10.4 Å². The van der Waals surface area contributed by atoms with Crippen LogP contribution in [0, 0.1) is 11.6 Å². The number of halogens is 2. The Morgan fingerprint density at radius 1 is 1.28 bits per heavy atom. The van der Waals surface area contributed by atoms with Crippen LogP contribution in [0.15, 0.2) is 48.7 Å². The van der Waals surface area contributed by atoms with Crippen molar-refractivity contribution in [2.45, 2.75) is 19.1 Å². The number of hydrogen-bond donors (Lipinski definition) is 2. The van der Waals surface area contributed by atoms with E-state index in [0.717, 1.165) is 23.0 Å². The Morgan fingerprint density at radius 3 is 2.80 bits per heavy atom. The van der Waals surface area contributed by atoms with E-state index < -0.39 is 17.2 Å². The Hall–Kier alpha value is -2.80. The Morgan fingerprint density at radius 2 is 2.04 bits per heavy atom. The lowest BCUT2D eigenvalue weighted by molar-refractivity contribution is -0.123. The van der Waals surface area contributed by atoms with Gasteiger partial charge in [-0.2, -0.15) is 5.10 Å². The van der Waals surface area contributed by atoms with Crippen molar-refractivity contribution in [1.82, 2.24) is 15.1 Å². The molecular formula is C18H17F2N3O2. The number of amides is 1. The minimum absolute atomic E-state index is 0.0322. The van der Waals surface area contributed by atoms with Crippen LogP contribution in [0.3, 0.4) is 0 Å². The molecule has 0 fully saturated rings. The van der Waals surface area contributed by atoms with Crippen LogP contribution in [-0.4, -0.2) is 27.3 Å². The van der Waals surface area contributed by atoms with Gasteiger partial charge >= 0.3 is 0 Å². The molecule has 0 saturated carbocycles. The fourth-order valence-corrected chi connectivity index (χ4v) is 2.64. The Kier molecular flexibility index (Phi) is 4.50. The summed E-state index contributed by atoms with van der Waals surface area (Å²) in [6, 6.07) is 10.4. The number of rotatable bonds is 5. The number of carbonyl (C=O) groups excluding carboxylic acids is 1. The zero-order valence-corrected chi connectivity index (χ0v) is 13.5. The fraction of sp³-hybridized carbons (Fsp3) is 0.222. The van der Waals surface area contributed by atoms with E-state index in [0.29, 0.717) is 6.07 Å². The van der Waals surface area contributed by atoms with Crippen molar-refractivity contribution < 1.29 is 18.7 Å². The summed E-state index contributed by atoms with van der Waals surface area (Å²) in [5, 5.41) is 18.0. The smallest absolute Gasteiger partial charge is 0.241 e. The third-order valence-electron chi connectivity index (χ3n) is 3.99. The number of aromatic nitrogens is 2. The molecule has 130 valence electrons. The molecule has 1 heterocycles.